The molecule has 0 radical (unpaired) electrons. The Kier molecular flexibility index (Phi) is 8.45. The molecule has 180 valence electrons. The smallest absolute Gasteiger partial charge is 0.192 e. The van der Waals surface area contributed by atoms with Crippen molar-refractivity contribution in [1.82, 2.24) is 0 Å². The number of allylic oxidation sites excluding steroid dienone is 2. The lowest BCUT2D eigenvalue weighted by Gasteiger charge is -2.50. The number of rotatable bonds is 8. The molecule has 0 saturated heterocycles. The van der Waals surface area contributed by atoms with Gasteiger partial charge in [0.2, 0.25) is 0 Å². The van der Waals surface area contributed by atoms with Gasteiger partial charge in [0.1, 0.15) is 0 Å². The third-order valence-corrected chi connectivity index (χ3v) is 13.9. The van der Waals surface area contributed by atoms with Crippen LogP contribution in [0.1, 0.15) is 67.2 Å². The van der Waals surface area contributed by atoms with Crippen LogP contribution in [0.3, 0.4) is 0 Å². The second kappa shape index (κ2) is 9.98. The zero-order valence-corrected chi connectivity index (χ0v) is 23.3. The normalized spacial score (nSPS) is 22.8. The fourth-order valence-corrected chi connectivity index (χ4v) is 7.14. The molecule has 1 fully saturated rings. The minimum Gasteiger partial charge on any atom is -0.413 e. The second-order valence-electron chi connectivity index (χ2n) is 11.6. The molecule has 0 N–H and O–H groups in total. The van der Waals surface area contributed by atoms with E-state index in [4.69, 9.17) is 4.43 Å². The van der Waals surface area contributed by atoms with E-state index in [0.717, 1.165) is 31.3 Å². The highest BCUT2D eigenvalue weighted by Crippen LogP contribution is 2.50. The largest absolute Gasteiger partial charge is 0.413 e. The van der Waals surface area contributed by atoms with E-state index in [1.165, 1.54) is 5.57 Å². The third kappa shape index (κ3) is 6.45. The molecule has 1 saturated carbocycles. The summed E-state index contributed by atoms with van der Waals surface area (Å²) < 4.78 is 32.1. The van der Waals surface area contributed by atoms with E-state index >= 15 is 0 Å². The van der Waals surface area contributed by atoms with Crippen molar-refractivity contribution in [2.45, 2.75) is 96.4 Å². The highest BCUT2D eigenvalue weighted by atomic mass is 32.2. The van der Waals surface area contributed by atoms with Crippen LogP contribution in [0.4, 0.5) is 0 Å². The van der Waals surface area contributed by atoms with Crippen molar-refractivity contribution in [1.29, 1.82) is 0 Å². The molecule has 0 spiro atoms. The summed E-state index contributed by atoms with van der Waals surface area (Å²) >= 11 is 0. The quantitative estimate of drug-likeness (QED) is 0.287. The molecule has 0 unspecified atom stereocenters. The maximum atomic E-state index is 12.6. The topological polar surface area (TPSA) is 43.4 Å². The molecule has 0 heterocycles. The van der Waals surface area contributed by atoms with Crippen LogP contribution in [0.2, 0.25) is 18.1 Å². The molecule has 3 nitrogen and oxygen atoms in total. The molecule has 2 rings (SSSR count). The van der Waals surface area contributed by atoms with Gasteiger partial charge in [-0.15, -0.1) is 0 Å². The van der Waals surface area contributed by atoms with Crippen molar-refractivity contribution in [3.63, 3.8) is 0 Å². The second-order valence-corrected chi connectivity index (χ2v) is 18.4. The molecule has 1 aromatic rings. The molecular formula is C27H44O3SSi. The Balaban J connectivity index is 2.07. The summed E-state index contributed by atoms with van der Waals surface area (Å²) in [5, 5.41) is 0.191. The first-order chi connectivity index (χ1) is 14.6. The molecule has 0 bridgehead atoms. The minimum atomic E-state index is -3.28. The molecule has 1 aromatic carbocycles. The monoisotopic (exact) mass is 476 g/mol. The Morgan fingerprint density at radius 1 is 1.22 bits per heavy atom. The average Bonchev–Trinajstić information content (AvgIpc) is 2.68. The van der Waals surface area contributed by atoms with Crippen LogP contribution in [0.25, 0.3) is 0 Å². The van der Waals surface area contributed by atoms with E-state index in [2.05, 4.69) is 54.3 Å². The number of sulfone groups is 1. The van der Waals surface area contributed by atoms with Gasteiger partial charge in [-0.3, -0.25) is 0 Å². The van der Waals surface area contributed by atoms with Gasteiger partial charge in [-0.1, -0.05) is 76.6 Å². The summed E-state index contributed by atoms with van der Waals surface area (Å²) in [7, 11) is -5.14. The lowest BCUT2D eigenvalue weighted by Crippen LogP contribution is -2.51. The van der Waals surface area contributed by atoms with E-state index in [0.29, 0.717) is 10.8 Å². The van der Waals surface area contributed by atoms with Gasteiger partial charge in [-0.25, -0.2) is 8.42 Å². The number of hydrogen-bond acceptors (Lipinski definition) is 3. The SMILES string of the molecule is C=C1CC[C@H](O[Si](C)(C)C(C)(C)C)C(C)(C)[C@@H]1CC/C(C)=C/CS(=O)(=O)c1ccccc1. The Labute approximate surface area is 198 Å². The van der Waals surface area contributed by atoms with Crippen molar-refractivity contribution in [2.75, 3.05) is 5.75 Å². The maximum absolute atomic E-state index is 12.6. The Morgan fingerprint density at radius 2 is 1.81 bits per heavy atom. The van der Waals surface area contributed by atoms with Crippen molar-refractivity contribution in [3.8, 4) is 0 Å². The van der Waals surface area contributed by atoms with Gasteiger partial charge in [0.05, 0.1) is 16.8 Å². The Hall–Kier alpha value is -1.17. The zero-order valence-electron chi connectivity index (χ0n) is 21.5. The Morgan fingerprint density at radius 3 is 2.38 bits per heavy atom. The van der Waals surface area contributed by atoms with E-state index in [1.807, 2.05) is 19.1 Å². The minimum absolute atomic E-state index is 0.0151. The van der Waals surface area contributed by atoms with E-state index in [9.17, 15) is 8.42 Å². The van der Waals surface area contributed by atoms with Crippen LogP contribution >= 0.6 is 0 Å². The van der Waals surface area contributed by atoms with Gasteiger partial charge in [0, 0.05) is 0 Å². The highest BCUT2D eigenvalue weighted by molar-refractivity contribution is 7.91. The van der Waals surface area contributed by atoms with Crippen LogP contribution in [0.15, 0.2) is 59.0 Å². The Bertz CT molecular complexity index is 921. The molecular weight excluding hydrogens is 432 g/mol. The maximum Gasteiger partial charge on any atom is 0.192 e. The lowest BCUT2D eigenvalue weighted by atomic mass is 9.63. The molecule has 1 aliphatic rings. The van der Waals surface area contributed by atoms with Gasteiger partial charge in [0.15, 0.2) is 18.2 Å². The summed E-state index contributed by atoms with van der Waals surface area (Å²) in [4.78, 5) is 0.386. The van der Waals surface area contributed by atoms with Gasteiger partial charge < -0.3 is 4.43 Å². The van der Waals surface area contributed by atoms with E-state index < -0.39 is 18.2 Å². The van der Waals surface area contributed by atoms with Gasteiger partial charge in [0.25, 0.3) is 0 Å². The molecule has 2 atom stereocenters. The average molecular weight is 477 g/mol. The predicted octanol–water partition coefficient (Wildman–Crippen LogP) is 7.57. The molecule has 0 aromatic heterocycles. The first-order valence-electron chi connectivity index (χ1n) is 11.9. The first-order valence-corrected chi connectivity index (χ1v) is 16.4. The van der Waals surface area contributed by atoms with Crippen molar-refractivity contribution in [2.24, 2.45) is 11.3 Å². The molecule has 1 aliphatic carbocycles. The summed E-state index contributed by atoms with van der Waals surface area (Å²) in [6.45, 7) is 22.7. The third-order valence-electron chi connectivity index (χ3n) is 7.77. The van der Waals surface area contributed by atoms with Crippen LogP contribution in [0, 0.1) is 11.3 Å². The van der Waals surface area contributed by atoms with Gasteiger partial charge in [-0.2, -0.15) is 0 Å². The molecule has 5 heteroatoms. The standard InChI is InChI=1S/C27H44O3SSi/c1-21(19-20-31(28,29)23-13-11-10-12-14-23)15-17-24-22(2)16-18-25(27(24,6)7)30-32(8,9)26(3,4)5/h10-14,19,24-25H,2,15-18,20H2,1,3-9H3/b21-19+/t24-,25+/m1/s1. The van der Waals surface area contributed by atoms with Crippen LogP contribution in [0.5, 0.6) is 0 Å². The summed E-state index contributed by atoms with van der Waals surface area (Å²) in [6, 6.07) is 8.69. The highest BCUT2D eigenvalue weighted by Gasteiger charge is 2.47. The number of benzene rings is 1. The molecule has 32 heavy (non-hydrogen) atoms. The van der Waals surface area contributed by atoms with Crippen LogP contribution < -0.4 is 0 Å². The van der Waals surface area contributed by atoms with Gasteiger partial charge in [-0.05, 0) is 74.2 Å². The summed E-state index contributed by atoms with van der Waals surface area (Å²) in [5.41, 5.74) is 2.46. The molecule has 0 amide bonds. The van der Waals surface area contributed by atoms with Crippen molar-refractivity contribution < 1.29 is 12.8 Å². The fraction of sp³-hybridized carbons (Fsp3) is 0.630. The van der Waals surface area contributed by atoms with Crippen LogP contribution in [-0.4, -0.2) is 28.6 Å². The van der Waals surface area contributed by atoms with Crippen molar-refractivity contribution >= 4 is 18.2 Å². The summed E-state index contributed by atoms with van der Waals surface area (Å²) in [6.07, 6.45) is 6.03. The summed E-state index contributed by atoms with van der Waals surface area (Å²) in [5.74, 6) is 0.426. The fourth-order valence-electron chi connectivity index (χ4n) is 4.38. The molecule has 0 aliphatic heterocycles. The van der Waals surface area contributed by atoms with E-state index in [-0.39, 0.29) is 22.3 Å². The van der Waals surface area contributed by atoms with Gasteiger partial charge >= 0.3 is 0 Å². The zero-order chi connectivity index (χ0) is 24.4. The van der Waals surface area contributed by atoms with Crippen LogP contribution in [-0.2, 0) is 14.3 Å². The van der Waals surface area contributed by atoms with E-state index in [1.54, 1.807) is 24.3 Å². The first kappa shape index (κ1) is 27.1. The predicted molar refractivity (Wildman–Crippen MR) is 139 cm³/mol. The number of hydrogen-bond donors (Lipinski definition) is 0. The van der Waals surface area contributed by atoms with Crippen molar-refractivity contribution in [3.05, 3.63) is 54.1 Å². The lowest BCUT2D eigenvalue weighted by molar-refractivity contribution is 0.000281.